The molecule has 0 spiro atoms. The van der Waals surface area contributed by atoms with Crippen molar-refractivity contribution in [3.05, 3.63) is 101 Å². The summed E-state index contributed by atoms with van der Waals surface area (Å²) in [4.78, 5) is 16.7. The Bertz CT molecular complexity index is 1370. The van der Waals surface area contributed by atoms with Gasteiger partial charge in [0, 0.05) is 41.0 Å². The van der Waals surface area contributed by atoms with Gasteiger partial charge in [-0.15, -0.1) is 0 Å². The summed E-state index contributed by atoms with van der Waals surface area (Å²) < 4.78 is 12.6. The van der Waals surface area contributed by atoms with Crippen molar-refractivity contribution in [3.63, 3.8) is 0 Å². The fraction of sp³-hybridized carbons (Fsp3) is 0.312. The minimum absolute atomic E-state index is 0.457. The van der Waals surface area contributed by atoms with Crippen LogP contribution >= 0.6 is 11.6 Å². The average molecular weight is 532 g/mol. The lowest BCUT2D eigenvalue weighted by molar-refractivity contribution is -0.249. The van der Waals surface area contributed by atoms with Crippen LogP contribution in [0.5, 0.6) is 0 Å². The van der Waals surface area contributed by atoms with Gasteiger partial charge < -0.3 is 14.6 Å². The summed E-state index contributed by atoms with van der Waals surface area (Å²) in [5.74, 6) is -2.43. The zero-order valence-electron chi connectivity index (χ0n) is 22.1. The highest BCUT2D eigenvalue weighted by Gasteiger charge is 2.41. The number of halogens is 1. The van der Waals surface area contributed by atoms with Gasteiger partial charge in [-0.05, 0) is 56.2 Å². The second kappa shape index (κ2) is 12.1. The highest BCUT2D eigenvalue weighted by atomic mass is 35.5. The number of aromatic nitrogens is 1. The number of benzene rings is 2. The van der Waals surface area contributed by atoms with E-state index in [2.05, 4.69) is 6.07 Å². The lowest BCUT2D eigenvalue weighted by Gasteiger charge is -2.39. The molecular formula is C32H34ClNO4. The summed E-state index contributed by atoms with van der Waals surface area (Å²) in [5.41, 5.74) is 3.00. The number of nitrogens with zero attached hydrogens (tertiary/aromatic N) is 1. The van der Waals surface area contributed by atoms with Crippen LogP contribution in [-0.4, -0.2) is 29.3 Å². The summed E-state index contributed by atoms with van der Waals surface area (Å²) in [7, 11) is 0. The number of hydrogen-bond donors (Lipinski definition) is 1. The van der Waals surface area contributed by atoms with Crippen LogP contribution in [0.2, 0.25) is 5.02 Å². The number of aliphatic carboxylic acids is 1. The minimum atomic E-state index is -0.994. The second-order valence-electron chi connectivity index (χ2n) is 9.72. The van der Waals surface area contributed by atoms with Gasteiger partial charge in [-0.2, -0.15) is 0 Å². The molecule has 0 aliphatic heterocycles. The molecular weight excluding hydrogens is 498 g/mol. The molecule has 2 atom stereocenters. The van der Waals surface area contributed by atoms with E-state index in [0.29, 0.717) is 31.1 Å². The topological polar surface area (TPSA) is 68.7 Å². The second-order valence-corrected chi connectivity index (χ2v) is 10.2. The first-order valence-corrected chi connectivity index (χ1v) is 13.4. The predicted octanol–water partition coefficient (Wildman–Crippen LogP) is 7.90. The summed E-state index contributed by atoms with van der Waals surface area (Å²) in [5, 5.41) is 11.5. The number of ether oxygens (including phenoxy) is 2. The molecule has 38 heavy (non-hydrogen) atoms. The van der Waals surface area contributed by atoms with Crippen LogP contribution in [0.4, 0.5) is 0 Å². The van der Waals surface area contributed by atoms with Crippen molar-refractivity contribution in [1.82, 2.24) is 4.98 Å². The number of carboxylic acid groups (broad SMARTS) is 1. The molecule has 6 heteroatoms. The molecule has 1 aliphatic carbocycles. The fourth-order valence-electron chi connectivity index (χ4n) is 5.03. The fourth-order valence-corrected chi connectivity index (χ4v) is 5.20. The Kier molecular flexibility index (Phi) is 8.83. The van der Waals surface area contributed by atoms with Crippen LogP contribution in [-0.2, 0) is 20.1 Å². The highest BCUT2D eigenvalue weighted by Crippen LogP contribution is 2.43. The van der Waals surface area contributed by atoms with Crippen LogP contribution in [0.1, 0.15) is 50.4 Å². The summed E-state index contributed by atoms with van der Waals surface area (Å²) >= 11 is 6.14. The Labute approximate surface area is 229 Å². The number of carbonyl (C=O) groups is 1. The molecule has 0 fully saturated rings. The molecule has 3 aromatic rings. The van der Waals surface area contributed by atoms with Gasteiger partial charge in [-0.3, -0.25) is 4.79 Å². The largest absolute Gasteiger partial charge is 0.481 e. The molecule has 0 amide bonds. The van der Waals surface area contributed by atoms with E-state index >= 15 is 0 Å². The van der Waals surface area contributed by atoms with Crippen LogP contribution < -0.4 is 0 Å². The molecule has 2 unspecified atom stereocenters. The number of carboxylic acids is 1. The number of pyridine rings is 1. The van der Waals surface area contributed by atoms with Gasteiger partial charge in [-0.25, -0.2) is 4.98 Å². The zero-order valence-corrected chi connectivity index (χ0v) is 22.8. The normalized spacial score (nSPS) is 19.4. The monoisotopic (exact) mass is 531 g/mol. The predicted molar refractivity (Wildman–Crippen MR) is 154 cm³/mol. The maximum absolute atomic E-state index is 12.0. The van der Waals surface area contributed by atoms with Crippen LogP contribution in [0, 0.1) is 11.3 Å². The third-order valence-corrected chi connectivity index (χ3v) is 7.30. The van der Waals surface area contributed by atoms with Crippen LogP contribution in [0.25, 0.3) is 23.1 Å². The maximum atomic E-state index is 12.0. The maximum Gasteiger partial charge on any atom is 0.311 e. The first-order valence-electron chi connectivity index (χ1n) is 13.0. The van der Waals surface area contributed by atoms with Gasteiger partial charge in [-0.1, -0.05) is 79.2 Å². The first-order chi connectivity index (χ1) is 18.3. The Balaban J connectivity index is 1.62. The molecule has 1 N–H and O–H groups in total. The standard InChI is InChI=1S/C32H34ClNO4/c1-4-37-32(38-5-2,20-19-31(3)18-7-6-11-28(31)30(35)36)25-10-8-9-23(21-25)12-16-27-17-14-24-13-15-26(33)22-29(24)34-27/h6-18,21-22,28H,4-5,19-20H2,1-3H3,(H,35,36)/b16-12+. The average Bonchev–Trinajstić information content (AvgIpc) is 2.91. The summed E-state index contributed by atoms with van der Waals surface area (Å²) in [6.07, 6.45) is 12.5. The Morgan fingerprint density at radius 1 is 1.08 bits per heavy atom. The van der Waals surface area contributed by atoms with Gasteiger partial charge in [0.15, 0.2) is 5.79 Å². The molecule has 198 valence electrons. The van der Waals surface area contributed by atoms with Gasteiger partial charge in [0.25, 0.3) is 0 Å². The molecule has 4 rings (SSSR count). The third kappa shape index (κ3) is 6.24. The van der Waals surface area contributed by atoms with Crippen molar-refractivity contribution in [2.75, 3.05) is 13.2 Å². The molecule has 1 aromatic heterocycles. The van der Waals surface area contributed by atoms with E-state index in [1.165, 1.54) is 0 Å². The lowest BCUT2D eigenvalue weighted by atomic mass is 9.70. The van der Waals surface area contributed by atoms with Crippen molar-refractivity contribution in [3.8, 4) is 0 Å². The van der Waals surface area contributed by atoms with E-state index in [4.69, 9.17) is 26.1 Å². The van der Waals surface area contributed by atoms with E-state index in [1.807, 2.05) is 93.6 Å². The van der Waals surface area contributed by atoms with Crippen LogP contribution in [0.15, 0.2) is 78.9 Å². The van der Waals surface area contributed by atoms with Gasteiger partial charge >= 0.3 is 5.97 Å². The Morgan fingerprint density at radius 3 is 2.58 bits per heavy atom. The lowest BCUT2D eigenvalue weighted by Crippen LogP contribution is -2.38. The molecule has 0 saturated heterocycles. The molecule has 0 saturated carbocycles. The van der Waals surface area contributed by atoms with E-state index in [-0.39, 0.29) is 0 Å². The minimum Gasteiger partial charge on any atom is -0.481 e. The number of hydrogen-bond acceptors (Lipinski definition) is 4. The van der Waals surface area contributed by atoms with Crippen molar-refractivity contribution >= 4 is 40.6 Å². The van der Waals surface area contributed by atoms with Crippen molar-refractivity contribution in [1.29, 1.82) is 0 Å². The van der Waals surface area contributed by atoms with E-state index in [1.54, 1.807) is 12.2 Å². The number of allylic oxidation sites excluding steroid dienone is 3. The Morgan fingerprint density at radius 2 is 1.84 bits per heavy atom. The Hall–Kier alpha value is -3.25. The smallest absolute Gasteiger partial charge is 0.311 e. The van der Waals surface area contributed by atoms with Gasteiger partial charge in [0.05, 0.1) is 17.1 Å². The molecule has 5 nitrogen and oxygen atoms in total. The van der Waals surface area contributed by atoms with Crippen molar-refractivity contribution < 1.29 is 19.4 Å². The molecule has 1 aliphatic rings. The summed E-state index contributed by atoms with van der Waals surface area (Å²) in [6, 6.07) is 17.8. The van der Waals surface area contributed by atoms with Gasteiger partial charge in [0.2, 0.25) is 0 Å². The van der Waals surface area contributed by atoms with Crippen molar-refractivity contribution in [2.24, 2.45) is 11.3 Å². The summed E-state index contributed by atoms with van der Waals surface area (Å²) in [6.45, 7) is 6.79. The van der Waals surface area contributed by atoms with Gasteiger partial charge in [0.1, 0.15) is 0 Å². The van der Waals surface area contributed by atoms with E-state index in [0.717, 1.165) is 27.7 Å². The quantitative estimate of drug-likeness (QED) is 0.255. The molecule has 2 aromatic carbocycles. The SMILES string of the molecule is CCOC(CCC1(C)C=CC=CC1C(=O)O)(OCC)c1cccc(/C=C/c2ccc3ccc(Cl)cc3n2)c1. The molecule has 0 bridgehead atoms. The molecule has 0 radical (unpaired) electrons. The van der Waals surface area contributed by atoms with E-state index in [9.17, 15) is 9.90 Å². The number of fused-ring (bicyclic) bond motifs is 1. The van der Waals surface area contributed by atoms with Crippen molar-refractivity contribution in [2.45, 2.75) is 39.4 Å². The van der Waals surface area contributed by atoms with E-state index < -0.39 is 23.1 Å². The first kappa shape index (κ1) is 27.8. The van der Waals surface area contributed by atoms with Crippen LogP contribution in [0.3, 0.4) is 0 Å². The third-order valence-electron chi connectivity index (χ3n) is 7.06. The number of rotatable bonds is 11. The zero-order chi connectivity index (χ0) is 27.2. The molecule has 1 heterocycles. The highest BCUT2D eigenvalue weighted by molar-refractivity contribution is 6.31.